The molecule has 1 aromatic carbocycles. The van der Waals surface area contributed by atoms with Crippen LogP contribution >= 0.6 is 0 Å². The molecule has 21 heavy (non-hydrogen) atoms. The Bertz CT molecular complexity index is 526. The molecular weight excluding hydrogens is 266 g/mol. The van der Waals surface area contributed by atoms with E-state index in [1.807, 2.05) is 29.1 Å². The molecule has 2 rings (SSSR count). The number of methoxy groups -OCH3 is 1. The lowest BCUT2D eigenvalue weighted by atomic mass is 10.2. The first-order chi connectivity index (χ1) is 10.3. The maximum Gasteiger partial charge on any atom is 0.165 e. The first-order valence-electron chi connectivity index (χ1n) is 7.32. The van der Waals surface area contributed by atoms with Crippen LogP contribution in [0, 0.1) is 0 Å². The third kappa shape index (κ3) is 4.49. The van der Waals surface area contributed by atoms with Gasteiger partial charge in [0.15, 0.2) is 11.5 Å². The first kappa shape index (κ1) is 15.4. The summed E-state index contributed by atoms with van der Waals surface area (Å²) >= 11 is 0. The standard InChI is InChI=1S/C16H23N3O2/c1-3-8-17-13-14-6-4-7-15(20-2)16(14)21-12-11-19-10-5-9-18-19/h4-7,9-10,17H,3,8,11-13H2,1-2H3. The molecule has 0 aliphatic heterocycles. The van der Waals surface area contributed by atoms with Crippen LogP contribution in [0.2, 0.25) is 0 Å². The zero-order valence-electron chi connectivity index (χ0n) is 12.7. The van der Waals surface area contributed by atoms with Crippen molar-refractivity contribution in [2.45, 2.75) is 26.4 Å². The van der Waals surface area contributed by atoms with E-state index in [1.54, 1.807) is 13.3 Å². The average molecular weight is 289 g/mol. The lowest BCUT2D eigenvalue weighted by Crippen LogP contribution is -2.16. The second kappa shape index (κ2) is 8.32. The van der Waals surface area contributed by atoms with Crippen LogP contribution in [0.5, 0.6) is 11.5 Å². The second-order valence-electron chi connectivity index (χ2n) is 4.74. The molecule has 0 aliphatic rings. The third-order valence-corrected chi connectivity index (χ3v) is 3.15. The molecule has 0 unspecified atom stereocenters. The first-order valence-corrected chi connectivity index (χ1v) is 7.32. The Kier molecular flexibility index (Phi) is 6.09. The molecule has 5 nitrogen and oxygen atoms in total. The molecule has 0 saturated heterocycles. The van der Waals surface area contributed by atoms with E-state index in [2.05, 4.69) is 23.4 Å². The van der Waals surface area contributed by atoms with Gasteiger partial charge in [-0.3, -0.25) is 4.68 Å². The van der Waals surface area contributed by atoms with Gasteiger partial charge >= 0.3 is 0 Å². The molecule has 0 aliphatic carbocycles. The Balaban J connectivity index is 2.00. The van der Waals surface area contributed by atoms with E-state index in [4.69, 9.17) is 9.47 Å². The zero-order valence-corrected chi connectivity index (χ0v) is 12.7. The van der Waals surface area contributed by atoms with E-state index in [0.717, 1.165) is 36.6 Å². The topological polar surface area (TPSA) is 48.3 Å². The van der Waals surface area contributed by atoms with E-state index < -0.39 is 0 Å². The summed E-state index contributed by atoms with van der Waals surface area (Å²) in [6, 6.07) is 7.88. The zero-order chi connectivity index (χ0) is 14.9. The molecule has 114 valence electrons. The molecule has 1 aromatic heterocycles. The number of benzene rings is 1. The van der Waals surface area contributed by atoms with E-state index >= 15 is 0 Å². The highest BCUT2D eigenvalue weighted by atomic mass is 16.5. The maximum absolute atomic E-state index is 5.94. The number of nitrogens with zero attached hydrogens (tertiary/aromatic N) is 2. The van der Waals surface area contributed by atoms with Gasteiger partial charge in [0.1, 0.15) is 6.61 Å². The van der Waals surface area contributed by atoms with Crippen molar-refractivity contribution in [3.05, 3.63) is 42.2 Å². The fourth-order valence-electron chi connectivity index (χ4n) is 2.10. The van der Waals surface area contributed by atoms with Crippen molar-refractivity contribution in [1.82, 2.24) is 15.1 Å². The summed E-state index contributed by atoms with van der Waals surface area (Å²) in [5, 5.41) is 7.56. The Morgan fingerprint density at radius 2 is 2.19 bits per heavy atom. The Morgan fingerprint density at radius 3 is 2.90 bits per heavy atom. The molecule has 1 heterocycles. The predicted molar refractivity (Wildman–Crippen MR) is 82.7 cm³/mol. The summed E-state index contributed by atoms with van der Waals surface area (Å²) in [4.78, 5) is 0. The van der Waals surface area contributed by atoms with Crippen molar-refractivity contribution in [2.24, 2.45) is 0 Å². The van der Waals surface area contributed by atoms with Crippen LogP contribution in [0.4, 0.5) is 0 Å². The van der Waals surface area contributed by atoms with Crippen molar-refractivity contribution < 1.29 is 9.47 Å². The number of hydrogen-bond acceptors (Lipinski definition) is 4. The number of hydrogen-bond donors (Lipinski definition) is 1. The van der Waals surface area contributed by atoms with Crippen molar-refractivity contribution in [2.75, 3.05) is 20.3 Å². The molecule has 0 radical (unpaired) electrons. The maximum atomic E-state index is 5.94. The van der Waals surface area contributed by atoms with Crippen molar-refractivity contribution in [3.63, 3.8) is 0 Å². The minimum Gasteiger partial charge on any atom is -0.493 e. The average Bonchev–Trinajstić information content (AvgIpc) is 3.02. The number of aromatic nitrogens is 2. The number of ether oxygens (including phenoxy) is 2. The summed E-state index contributed by atoms with van der Waals surface area (Å²) in [5.74, 6) is 1.59. The molecule has 0 amide bonds. The van der Waals surface area contributed by atoms with Gasteiger partial charge in [-0.1, -0.05) is 19.1 Å². The summed E-state index contributed by atoms with van der Waals surface area (Å²) in [6.07, 6.45) is 4.80. The van der Waals surface area contributed by atoms with Crippen LogP contribution in [0.3, 0.4) is 0 Å². The van der Waals surface area contributed by atoms with Crippen molar-refractivity contribution in [1.29, 1.82) is 0 Å². The van der Waals surface area contributed by atoms with Gasteiger partial charge in [0.2, 0.25) is 0 Å². The van der Waals surface area contributed by atoms with Crippen molar-refractivity contribution >= 4 is 0 Å². The molecule has 0 saturated carbocycles. The van der Waals surface area contributed by atoms with Gasteiger partial charge in [-0.2, -0.15) is 5.10 Å². The van der Waals surface area contributed by atoms with Crippen LogP contribution < -0.4 is 14.8 Å². The molecule has 0 bridgehead atoms. The molecule has 0 spiro atoms. The van der Waals surface area contributed by atoms with Gasteiger partial charge in [-0.15, -0.1) is 0 Å². The summed E-state index contributed by atoms with van der Waals surface area (Å²) < 4.78 is 13.2. The van der Waals surface area contributed by atoms with E-state index in [0.29, 0.717) is 13.2 Å². The van der Waals surface area contributed by atoms with Crippen LogP contribution in [-0.2, 0) is 13.1 Å². The molecule has 5 heteroatoms. The quantitative estimate of drug-likeness (QED) is 0.720. The van der Waals surface area contributed by atoms with Gasteiger partial charge in [0.25, 0.3) is 0 Å². The minimum atomic E-state index is 0.558. The summed E-state index contributed by atoms with van der Waals surface area (Å²) in [7, 11) is 1.67. The molecule has 1 N–H and O–H groups in total. The van der Waals surface area contributed by atoms with Crippen molar-refractivity contribution in [3.8, 4) is 11.5 Å². The number of nitrogens with one attached hydrogen (secondary N) is 1. The highest BCUT2D eigenvalue weighted by Crippen LogP contribution is 2.31. The smallest absolute Gasteiger partial charge is 0.165 e. The lowest BCUT2D eigenvalue weighted by Gasteiger charge is -2.15. The SMILES string of the molecule is CCCNCc1cccc(OC)c1OCCn1cccn1. The van der Waals surface area contributed by atoms with Gasteiger partial charge in [0, 0.05) is 24.5 Å². The predicted octanol–water partition coefficient (Wildman–Crippen LogP) is 2.47. The highest BCUT2D eigenvalue weighted by molar-refractivity contribution is 5.46. The monoisotopic (exact) mass is 289 g/mol. The van der Waals surface area contributed by atoms with Gasteiger partial charge in [-0.05, 0) is 25.1 Å². The van der Waals surface area contributed by atoms with E-state index in [-0.39, 0.29) is 0 Å². The third-order valence-electron chi connectivity index (χ3n) is 3.15. The largest absolute Gasteiger partial charge is 0.493 e. The minimum absolute atomic E-state index is 0.558. The molecular formula is C16H23N3O2. The Labute approximate surface area is 125 Å². The van der Waals surface area contributed by atoms with Crippen LogP contribution in [0.15, 0.2) is 36.7 Å². The van der Waals surface area contributed by atoms with E-state index in [1.165, 1.54) is 0 Å². The van der Waals surface area contributed by atoms with Gasteiger partial charge in [0.05, 0.1) is 13.7 Å². The number of rotatable bonds is 9. The second-order valence-corrected chi connectivity index (χ2v) is 4.74. The Morgan fingerprint density at radius 1 is 1.29 bits per heavy atom. The summed E-state index contributed by atoms with van der Waals surface area (Å²) in [5.41, 5.74) is 1.11. The normalized spacial score (nSPS) is 10.6. The highest BCUT2D eigenvalue weighted by Gasteiger charge is 2.10. The Hall–Kier alpha value is -2.01. The van der Waals surface area contributed by atoms with Crippen LogP contribution in [0.25, 0.3) is 0 Å². The lowest BCUT2D eigenvalue weighted by molar-refractivity contribution is 0.271. The van der Waals surface area contributed by atoms with E-state index in [9.17, 15) is 0 Å². The molecule has 0 fully saturated rings. The fraction of sp³-hybridized carbons (Fsp3) is 0.438. The van der Waals surface area contributed by atoms with Crippen LogP contribution in [0.1, 0.15) is 18.9 Å². The van der Waals surface area contributed by atoms with Gasteiger partial charge in [-0.25, -0.2) is 0 Å². The van der Waals surface area contributed by atoms with Crippen LogP contribution in [-0.4, -0.2) is 30.0 Å². The molecule has 0 atom stereocenters. The summed E-state index contributed by atoms with van der Waals surface area (Å²) in [6.45, 7) is 5.20. The molecule has 2 aromatic rings. The fourth-order valence-corrected chi connectivity index (χ4v) is 2.10. The number of para-hydroxylation sites is 1. The van der Waals surface area contributed by atoms with Gasteiger partial charge < -0.3 is 14.8 Å².